The SMILES string of the molecule is CN1c2ccccc2N[C@@H]2[C@@H]1N=C(c1ccccc1)N2c1ccccn1. The highest BCUT2D eigenvalue weighted by Crippen LogP contribution is 2.38. The van der Waals surface area contributed by atoms with E-state index in [4.69, 9.17) is 4.99 Å². The number of fused-ring (bicyclic) bond motifs is 2. The zero-order valence-electron chi connectivity index (χ0n) is 14.4. The van der Waals surface area contributed by atoms with E-state index in [1.807, 2.05) is 42.6 Å². The van der Waals surface area contributed by atoms with Crippen LogP contribution in [0.15, 0.2) is 84.0 Å². The molecule has 5 heteroatoms. The van der Waals surface area contributed by atoms with Crippen LogP contribution < -0.4 is 15.1 Å². The van der Waals surface area contributed by atoms with Crippen molar-refractivity contribution in [2.75, 3.05) is 22.2 Å². The second kappa shape index (κ2) is 5.88. The van der Waals surface area contributed by atoms with E-state index in [1.54, 1.807) is 0 Å². The third kappa shape index (κ3) is 2.24. The number of hydrogen-bond donors (Lipinski definition) is 1. The number of benzene rings is 2. The van der Waals surface area contributed by atoms with Crippen molar-refractivity contribution in [1.82, 2.24) is 4.98 Å². The summed E-state index contributed by atoms with van der Waals surface area (Å²) in [6, 6.07) is 24.6. The first kappa shape index (κ1) is 15.0. The maximum absolute atomic E-state index is 5.08. The summed E-state index contributed by atoms with van der Waals surface area (Å²) in [4.78, 5) is 14.1. The molecule has 0 saturated heterocycles. The molecule has 3 heterocycles. The lowest BCUT2D eigenvalue weighted by Crippen LogP contribution is -2.53. The first-order valence-electron chi connectivity index (χ1n) is 8.75. The van der Waals surface area contributed by atoms with Crippen LogP contribution >= 0.6 is 0 Å². The molecule has 0 unspecified atom stereocenters. The first-order chi connectivity index (χ1) is 12.8. The molecule has 3 aromatic rings. The lowest BCUT2D eigenvalue weighted by atomic mass is 10.1. The number of likely N-dealkylation sites (N-methyl/N-ethyl adjacent to an activating group) is 1. The zero-order chi connectivity index (χ0) is 17.5. The number of nitrogens with zero attached hydrogens (tertiary/aromatic N) is 4. The van der Waals surface area contributed by atoms with Gasteiger partial charge in [0.1, 0.15) is 17.8 Å². The number of hydrogen-bond acceptors (Lipinski definition) is 5. The number of aromatic nitrogens is 1. The van der Waals surface area contributed by atoms with Crippen LogP contribution in [0.25, 0.3) is 0 Å². The molecule has 0 fully saturated rings. The summed E-state index contributed by atoms with van der Waals surface area (Å²) >= 11 is 0. The van der Waals surface area contributed by atoms with E-state index >= 15 is 0 Å². The van der Waals surface area contributed by atoms with E-state index in [9.17, 15) is 0 Å². The van der Waals surface area contributed by atoms with Gasteiger partial charge in [0.05, 0.1) is 11.4 Å². The molecule has 0 amide bonds. The molecule has 0 radical (unpaired) electrons. The molecule has 0 saturated carbocycles. The van der Waals surface area contributed by atoms with Gasteiger partial charge in [-0.15, -0.1) is 0 Å². The quantitative estimate of drug-likeness (QED) is 0.774. The second-order valence-corrected chi connectivity index (χ2v) is 6.51. The molecule has 5 nitrogen and oxygen atoms in total. The van der Waals surface area contributed by atoms with Gasteiger partial charge in [-0.3, -0.25) is 4.90 Å². The summed E-state index contributed by atoms with van der Waals surface area (Å²) < 4.78 is 0. The van der Waals surface area contributed by atoms with E-state index in [0.717, 1.165) is 28.6 Å². The minimum absolute atomic E-state index is 0.0139. The Morgan fingerprint density at radius 1 is 0.885 bits per heavy atom. The van der Waals surface area contributed by atoms with Gasteiger partial charge in [0.2, 0.25) is 0 Å². The molecule has 0 aliphatic carbocycles. The van der Waals surface area contributed by atoms with Crippen molar-refractivity contribution >= 4 is 23.0 Å². The molecule has 2 aliphatic heterocycles. The number of amidine groups is 1. The van der Waals surface area contributed by atoms with E-state index in [2.05, 4.69) is 63.5 Å². The minimum Gasteiger partial charge on any atom is -0.360 e. The van der Waals surface area contributed by atoms with Crippen molar-refractivity contribution in [2.24, 2.45) is 4.99 Å². The Bertz CT molecular complexity index is 954. The molecule has 2 aliphatic rings. The van der Waals surface area contributed by atoms with Crippen molar-refractivity contribution in [3.63, 3.8) is 0 Å². The van der Waals surface area contributed by atoms with Crippen LogP contribution in [0, 0.1) is 0 Å². The van der Waals surface area contributed by atoms with Gasteiger partial charge in [0, 0.05) is 18.8 Å². The molecule has 128 valence electrons. The Kier molecular flexibility index (Phi) is 3.38. The highest BCUT2D eigenvalue weighted by molar-refractivity contribution is 6.12. The fraction of sp³-hybridized carbons (Fsp3) is 0.143. The number of aliphatic imine (C=N–C) groups is 1. The number of nitrogens with one attached hydrogen (secondary N) is 1. The Morgan fingerprint density at radius 2 is 1.65 bits per heavy atom. The van der Waals surface area contributed by atoms with Crippen LogP contribution in [-0.2, 0) is 0 Å². The standard InChI is InChI=1S/C21H19N5/c1-25-17-12-6-5-11-16(17)23-21-20(25)24-19(15-9-3-2-4-10-15)26(21)18-13-7-8-14-22-18/h2-14,20-21,23H,1H3/t20-,21+/m1/s1. The van der Waals surface area contributed by atoms with Crippen molar-refractivity contribution in [3.8, 4) is 0 Å². The monoisotopic (exact) mass is 341 g/mol. The Morgan fingerprint density at radius 3 is 2.46 bits per heavy atom. The van der Waals surface area contributed by atoms with Crippen LogP contribution in [0.2, 0.25) is 0 Å². The van der Waals surface area contributed by atoms with Gasteiger partial charge in [-0.1, -0.05) is 48.5 Å². The van der Waals surface area contributed by atoms with Gasteiger partial charge < -0.3 is 10.2 Å². The number of rotatable bonds is 2. The van der Waals surface area contributed by atoms with Crippen molar-refractivity contribution < 1.29 is 0 Å². The van der Waals surface area contributed by atoms with Crippen molar-refractivity contribution in [2.45, 2.75) is 12.3 Å². The maximum atomic E-state index is 5.08. The lowest BCUT2D eigenvalue weighted by molar-refractivity contribution is 0.576. The average molecular weight is 341 g/mol. The van der Waals surface area contributed by atoms with Crippen LogP contribution in [0.3, 0.4) is 0 Å². The maximum Gasteiger partial charge on any atom is 0.163 e. The molecule has 26 heavy (non-hydrogen) atoms. The van der Waals surface area contributed by atoms with Crippen LogP contribution in [0.4, 0.5) is 17.2 Å². The number of para-hydroxylation sites is 2. The highest BCUT2D eigenvalue weighted by atomic mass is 15.5. The molecular formula is C21H19N5. The highest BCUT2D eigenvalue weighted by Gasteiger charge is 2.43. The summed E-state index contributed by atoms with van der Waals surface area (Å²) in [6.45, 7) is 0. The molecule has 0 bridgehead atoms. The normalized spacial score (nSPS) is 20.9. The first-order valence-corrected chi connectivity index (χ1v) is 8.75. The topological polar surface area (TPSA) is 43.8 Å². The second-order valence-electron chi connectivity index (χ2n) is 6.51. The fourth-order valence-electron chi connectivity index (χ4n) is 3.71. The number of anilines is 3. The summed E-state index contributed by atoms with van der Waals surface area (Å²) in [6.07, 6.45) is 1.79. The van der Waals surface area contributed by atoms with E-state index in [-0.39, 0.29) is 12.3 Å². The van der Waals surface area contributed by atoms with Crippen LogP contribution in [0.5, 0.6) is 0 Å². The summed E-state index contributed by atoms with van der Waals surface area (Å²) in [7, 11) is 2.10. The molecule has 1 aromatic heterocycles. The molecule has 2 atom stereocenters. The van der Waals surface area contributed by atoms with Gasteiger partial charge >= 0.3 is 0 Å². The molecule has 1 N–H and O–H groups in total. The third-order valence-corrected chi connectivity index (χ3v) is 4.96. The summed E-state index contributed by atoms with van der Waals surface area (Å²) in [5.74, 6) is 1.83. The Labute approximate surface area is 152 Å². The lowest BCUT2D eigenvalue weighted by Gasteiger charge is -2.40. The zero-order valence-corrected chi connectivity index (χ0v) is 14.4. The minimum atomic E-state index is -0.0258. The average Bonchev–Trinajstić information content (AvgIpc) is 3.09. The molecule has 5 rings (SSSR count). The van der Waals surface area contributed by atoms with Crippen molar-refractivity contribution in [1.29, 1.82) is 0 Å². The Hall–Kier alpha value is -3.34. The van der Waals surface area contributed by atoms with Gasteiger partial charge in [-0.25, -0.2) is 9.98 Å². The molecule has 0 spiro atoms. The Balaban J connectivity index is 1.65. The summed E-state index contributed by atoms with van der Waals surface area (Å²) in [5, 5.41) is 3.67. The van der Waals surface area contributed by atoms with Crippen LogP contribution in [-0.4, -0.2) is 30.2 Å². The van der Waals surface area contributed by atoms with Gasteiger partial charge in [0.15, 0.2) is 6.17 Å². The molecular weight excluding hydrogens is 322 g/mol. The van der Waals surface area contributed by atoms with Crippen molar-refractivity contribution in [3.05, 3.63) is 84.6 Å². The summed E-state index contributed by atoms with van der Waals surface area (Å²) in [5.41, 5.74) is 3.36. The predicted octanol–water partition coefficient (Wildman–Crippen LogP) is 3.56. The predicted molar refractivity (Wildman–Crippen MR) is 106 cm³/mol. The van der Waals surface area contributed by atoms with E-state index in [0.29, 0.717) is 0 Å². The third-order valence-electron chi connectivity index (χ3n) is 4.96. The molecule has 2 aromatic carbocycles. The largest absolute Gasteiger partial charge is 0.360 e. The number of pyridine rings is 1. The van der Waals surface area contributed by atoms with E-state index in [1.165, 1.54) is 0 Å². The van der Waals surface area contributed by atoms with Gasteiger partial charge in [-0.05, 0) is 24.3 Å². The van der Waals surface area contributed by atoms with Crippen LogP contribution in [0.1, 0.15) is 5.56 Å². The van der Waals surface area contributed by atoms with Gasteiger partial charge in [-0.2, -0.15) is 0 Å². The smallest absolute Gasteiger partial charge is 0.163 e. The van der Waals surface area contributed by atoms with E-state index < -0.39 is 0 Å². The van der Waals surface area contributed by atoms with Gasteiger partial charge in [0.25, 0.3) is 0 Å². The fourth-order valence-corrected chi connectivity index (χ4v) is 3.71.